The number of rotatable bonds is 4. The Hall–Kier alpha value is -0.730. The summed E-state index contributed by atoms with van der Waals surface area (Å²) in [4.78, 5) is 4.70. The highest BCUT2D eigenvalue weighted by Crippen LogP contribution is 2.37. The van der Waals surface area contributed by atoms with Gasteiger partial charge in [0.15, 0.2) is 5.96 Å². The zero-order chi connectivity index (χ0) is 12.0. The molecule has 0 amide bonds. The first-order chi connectivity index (χ1) is 7.56. The lowest BCUT2D eigenvalue weighted by Crippen LogP contribution is -2.41. The first-order valence-corrected chi connectivity index (χ1v) is 6.60. The summed E-state index contributed by atoms with van der Waals surface area (Å²) in [6.45, 7) is 10.6. The van der Waals surface area contributed by atoms with E-state index in [2.05, 4.69) is 38.3 Å². The second-order valence-corrected chi connectivity index (χ2v) is 5.51. The molecule has 1 aliphatic carbocycles. The summed E-state index contributed by atoms with van der Waals surface area (Å²) < 4.78 is 0. The van der Waals surface area contributed by atoms with Gasteiger partial charge in [0.1, 0.15) is 0 Å². The highest BCUT2D eigenvalue weighted by Gasteiger charge is 2.28. The van der Waals surface area contributed by atoms with Crippen molar-refractivity contribution in [3.63, 3.8) is 0 Å². The molecule has 0 bridgehead atoms. The summed E-state index contributed by atoms with van der Waals surface area (Å²) in [5, 5.41) is 6.65. The van der Waals surface area contributed by atoms with Crippen LogP contribution in [-0.4, -0.2) is 25.1 Å². The Morgan fingerprint density at radius 2 is 1.94 bits per heavy atom. The smallest absolute Gasteiger partial charge is 0.191 e. The van der Waals surface area contributed by atoms with Crippen molar-refractivity contribution in [1.29, 1.82) is 0 Å². The number of aliphatic imine (C=N–C) groups is 1. The van der Waals surface area contributed by atoms with E-state index in [-0.39, 0.29) is 0 Å². The van der Waals surface area contributed by atoms with Gasteiger partial charge in [0.05, 0.1) is 0 Å². The van der Waals surface area contributed by atoms with Gasteiger partial charge in [0, 0.05) is 19.1 Å². The maximum absolute atomic E-state index is 4.70. The van der Waals surface area contributed by atoms with E-state index in [1.807, 2.05) is 0 Å². The van der Waals surface area contributed by atoms with Crippen LogP contribution in [-0.2, 0) is 0 Å². The summed E-state index contributed by atoms with van der Waals surface area (Å²) in [6, 6.07) is 0.439. The van der Waals surface area contributed by atoms with Crippen LogP contribution in [0.2, 0.25) is 0 Å². The molecule has 3 nitrogen and oxygen atoms in total. The summed E-state index contributed by atoms with van der Waals surface area (Å²) in [7, 11) is 0. The van der Waals surface area contributed by atoms with E-state index in [1.165, 1.54) is 25.7 Å². The first-order valence-electron chi connectivity index (χ1n) is 6.60. The Labute approximate surface area is 100 Å². The van der Waals surface area contributed by atoms with Crippen LogP contribution in [0.1, 0.15) is 53.4 Å². The molecule has 0 aromatic carbocycles. The monoisotopic (exact) mass is 225 g/mol. The third-order valence-corrected chi connectivity index (χ3v) is 3.20. The summed E-state index contributed by atoms with van der Waals surface area (Å²) in [6.07, 6.45) is 5.41. The third-order valence-electron chi connectivity index (χ3n) is 3.20. The molecule has 0 radical (unpaired) electrons. The fraction of sp³-hybridized carbons (Fsp3) is 0.923. The van der Waals surface area contributed by atoms with E-state index in [0.717, 1.165) is 19.0 Å². The van der Waals surface area contributed by atoms with Gasteiger partial charge in [-0.25, -0.2) is 0 Å². The Morgan fingerprint density at radius 3 is 2.44 bits per heavy atom. The Morgan fingerprint density at radius 1 is 1.31 bits per heavy atom. The topological polar surface area (TPSA) is 36.4 Å². The highest BCUT2D eigenvalue weighted by molar-refractivity contribution is 5.80. The van der Waals surface area contributed by atoms with Crippen LogP contribution in [0.25, 0.3) is 0 Å². The van der Waals surface area contributed by atoms with Crippen LogP contribution >= 0.6 is 0 Å². The minimum Gasteiger partial charge on any atom is -0.357 e. The minimum absolute atomic E-state index is 0.439. The van der Waals surface area contributed by atoms with Crippen molar-refractivity contribution in [3.8, 4) is 0 Å². The lowest BCUT2D eigenvalue weighted by Gasteiger charge is -2.22. The third kappa shape index (κ3) is 4.42. The van der Waals surface area contributed by atoms with Crippen LogP contribution in [0, 0.1) is 5.41 Å². The van der Waals surface area contributed by atoms with Crippen LogP contribution in [0.15, 0.2) is 4.99 Å². The molecule has 0 saturated heterocycles. The maximum Gasteiger partial charge on any atom is 0.191 e. The predicted octanol–water partition coefficient (Wildman–Crippen LogP) is 2.53. The molecule has 94 valence electrons. The van der Waals surface area contributed by atoms with E-state index in [0.29, 0.717) is 11.5 Å². The van der Waals surface area contributed by atoms with Crippen LogP contribution in [0.3, 0.4) is 0 Å². The molecule has 1 rings (SSSR count). The van der Waals surface area contributed by atoms with Gasteiger partial charge in [-0.2, -0.15) is 0 Å². The van der Waals surface area contributed by atoms with Gasteiger partial charge in [0.2, 0.25) is 0 Å². The van der Waals surface area contributed by atoms with Crippen LogP contribution in [0.5, 0.6) is 0 Å². The quantitative estimate of drug-likeness (QED) is 0.570. The van der Waals surface area contributed by atoms with Gasteiger partial charge in [-0.1, -0.05) is 19.8 Å². The fourth-order valence-corrected chi connectivity index (χ4v) is 2.25. The van der Waals surface area contributed by atoms with Gasteiger partial charge in [-0.3, -0.25) is 4.99 Å². The summed E-state index contributed by atoms with van der Waals surface area (Å²) >= 11 is 0. The number of guanidine groups is 1. The van der Waals surface area contributed by atoms with Crippen molar-refractivity contribution in [1.82, 2.24) is 10.6 Å². The van der Waals surface area contributed by atoms with Crippen molar-refractivity contribution < 1.29 is 0 Å². The highest BCUT2D eigenvalue weighted by atomic mass is 15.2. The van der Waals surface area contributed by atoms with Crippen molar-refractivity contribution in [3.05, 3.63) is 0 Å². The van der Waals surface area contributed by atoms with E-state index in [1.54, 1.807) is 0 Å². The van der Waals surface area contributed by atoms with Crippen molar-refractivity contribution in [2.45, 2.75) is 59.4 Å². The molecule has 0 unspecified atom stereocenters. The molecule has 1 saturated carbocycles. The standard InChI is InChI=1S/C13H27N3/c1-5-14-12(16-11(2)3)15-10-13(4)8-6-7-9-13/h11H,5-10H2,1-4H3,(H2,14,15,16). The fourth-order valence-electron chi connectivity index (χ4n) is 2.25. The van der Waals surface area contributed by atoms with E-state index in [9.17, 15) is 0 Å². The molecule has 16 heavy (non-hydrogen) atoms. The van der Waals surface area contributed by atoms with Gasteiger partial charge in [0.25, 0.3) is 0 Å². The van der Waals surface area contributed by atoms with Crippen molar-refractivity contribution >= 4 is 5.96 Å². The van der Waals surface area contributed by atoms with E-state index < -0.39 is 0 Å². The SMILES string of the molecule is CCNC(=NCC1(C)CCCC1)NC(C)C. The summed E-state index contributed by atoms with van der Waals surface area (Å²) in [5.41, 5.74) is 0.444. The van der Waals surface area contributed by atoms with Gasteiger partial charge < -0.3 is 10.6 Å². The zero-order valence-electron chi connectivity index (χ0n) is 11.3. The first kappa shape index (κ1) is 13.3. The average molecular weight is 225 g/mol. The Bertz CT molecular complexity index is 227. The van der Waals surface area contributed by atoms with Crippen LogP contribution < -0.4 is 10.6 Å². The number of hydrogen-bond donors (Lipinski definition) is 2. The second-order valence-electron chi connectivity index (χ2n) is 5.51. The Kier molecular flexibility index (Phi) is 5.10. The molecule has 0 atom stereocenters. The largest absolute Gasteiger partial charge is 0.357 e. The predicted molar refractivity (Wildman–Crippen MR) is 70.8 cm³/mol. The molecule has 3 heteroatoms. The summed E-state index contributed by atoms with van der Waals surface area (Å²) in [5.74, 6) is 0.964. The average Bonchev–Trinajstić information content (AvgIpc) is 2.62. The molecule has 1 aliphatic rings. The zero-order valence-corrected chi connectivity index (χ0v) is 11.3. The number of nitrogens with one attached hydrogen (secondary N) is 2. The molecule has 2 N–H and O–H groups in total. The van der Waals surface area contributed by atoms with Crippen LogP contribution in [0.4, 0.5) is 0 Å². The lowest BCUT2D eigenvalue weighted by atomic mass is 9.89. The molecular formula is C13H27N3. The maximum atomic E-state index is 4.70. The van der Waals surface area contributed by atoms with E-state index >= 15 is 0 Å². The molecule has 0 aliphatic heterocycles. The molecule has 0 spiro atoms. The van der Waals surface area contributed by atoms with Gasteiger partial charge in [-0.05, 0) is 39.0 Å². The number of nitrogens with zero attached hydrogens (tertiary/aromatic N) is 1. The molecular weight excluding hydrogens is 198 g/mol. The molecule has 1 fully saturated rings. The lowest BCUT2D eigenvalue weighted by molar-refractivity contribution is 0.350. The van der Waals surface area contributed by atoms with Crippen molar-refractivity contribution in [2.75, 3.05) is 13.1 Å². The normalized spacial score (nSPS) is 20.2. The van der Waals surface area contributed by atoms with Gasteiger partial charge in [-0.15, -0.1) is 0 Å². The molecule has 0 aromatic heterocycles. The van der Waals surface area contributed by atoms with Crippen molar-refractivity contribution in [2.24, 2.45) is 10.4 Å². The van der Waals surface area contributed by atoms with Gasteiger partial charge >= 0.3 is 0 Å². The molecule has 0 aromatic rings. The molecule has 0 heterocycles. The number of hydrogen-bond acceptors (Lipinski definition) is 1. The Balaban J connectivity index is 2.49. The van der Waals surface area contributed by atoms with E-state index in [4.69, 9.17) is 4.99 Å². The minimum atomic E-state index is 0.439. The second kappa shape index (κ2) is 6.12.